The van der Waals surface area contributed by atoms with E-state index in [1.165, 1.54) is 0 Å². The molecule has 1 atom stereocenters. The summed E-state index contributed by atoms with van der Waals surface area (Å²) in [6.45, 7) is 4.92. The molecule has 1 aliphatic rings. The van der Waals surface area contributed by atoms with Crippen LogP contribution >= 0.6 is 0 Å². The normalized spacial score (nSPS) is 18.9. The minimum absolute atomic E-state index is 0.134. The number of aliphatic carboxylic acids is 1. The first kappa shape index (κ1) is 15.7. The van der Waals surface area contributed by atoms with Gasteiger partial charge < -0.3 is 25.0 Å². The molecule has 0 aromatic carbocycles. The quantitative estimate of drug-likeness (QED) is 0.701. The van der Waals surface area contributed by atoms with Gasteiger partial charge in [0.25, 0.3) is 0 Å². The number of carboxylic acid groups (broad SMARTS) is 1. The summed E-state index contributed by atoms with van der Waals surface area (Å²) in [5.41, 5.74) is -0.539. The topological polar surface area (TPSA) is 82.1 Å². The molecule has 1 rings (SSSR count). The van der Waals surface area contributed by atoms with Crippen molar-refractivity contribution in [2.45, 2.75) is 25.5 Å². The van der Waals surface area contributed by atoms with E-state index >= 15 is 0 Å². The van der Waals surface area contributed by atoms with Crippen LogP contribution in [-0.2, 0) is 9.53 Å². The molecule has 0 radical (unpaired) electrons. The van der Waals surface area contributed by atoms with Crippen LogP contribution in [0.25, 0.3) is 0 Å². The maximum atomic E-state index is 11.8. The van der Waals surface area contributed by atoms with Gasteiger partial charge in [0.1, 0.15) is 12.2 Å². The number of urea groups is 1. The van der Waals surface area contributed by atoms with Crippen LogP contribution in [0.15, 0.2) is 0 Å². The number of likely N-dealkylation sites (tertiary alicyclic amines) is 1. The number of amides is 2. The number of nitrogens with one attached hydrogen (secondary N) is 1. The molecule has 1 saturated heterocycles. The van der Waals surface area contributed by atoms with Gasteiger partial charge in [-0.05, 0) is 27.9 Å². The third kappa shape index (κ3) is 4.68. The Morgan fingerprint density at radius 3 is 2.53 bits per heavy atom. The maximum absolute atomic E-state index is 11.8. The largest absolute Gasteiger partial charge is 0.480 e. The Morgan fingerprint density at radius 2 is 2.05 bits per heavy atom. The summed E-state index contributed by atoms with van der Waals surface area (Å²) >= 11 is 0. The second-order valence-corrected chi connectivity index (χ2v) is 5.49. The highest BCUT2D eigenvalue weighted by atomic mass is 16.5. The first-order valence-corrected chi connectivity index (χ1v) is 6.28. The Bertz CT molecular complexity index is 340. The first-order chi connectivity index (χ1) is 8.73. The lowest BCUT2D eigenvalue weighted by Crippen LogP contribution is -2.65. The van der Waals surface area contributed by atoms with Gasteiger partial charge in [0.2, 0.25) is 0 Å². The lowest BCUT2D eigenvalue weighted by Gasteiger charge is -2.47. The Balaban J connectivity index is 2.26. The van der Waals surface area contributed by atoms with Gasteiger partial charge in [0.05, 0.1) is 13.1 Å². The van der Waals surface area contributed by atoms with E-state index in [9.17, 15) is 9.59 Å². The number of nitrogens with zero attached hydrogens (tertiary/aromatic N) is 2. The van der Waals surface area contributed by atoms with E-state index < -0.39 is 11.6 Å². The lowest BCUT2D eigenvalue weighted by atomic mass is 9.97. The smallest absolute Gasteiger partial charge is 0.329 e. The van der Waals surface area contributed by atoms with Gasteiger partial charge in [-0.3, -0.25) is 0 Å². The van der Waals surface area contributed by atoms with Crippen molar-refractivity contribution in [2.24, 2.45) is 0 Å². The molecule has 7 nitrogen and oxygen atoms in total. The summed E-state index contributed by atoms with van der Waals surface area (Å²) < 4.78 is 5.24. The van der Waals surface area contributed by atoms with Crippen LogP contribution in [0.1, 0.15) is 13.8 Å². The zero-order valence-corrected chi connectivity index (χ0v) is 12.0. The predicted octanol–water partition coefficient (Wildman–Crippen LogP) is -0.178. The van der Waals surface area contributed by atoms with Crippen LogP contribution in [0.3, 0.4) is 0 Å². The van der Waals surface area contributed by atoms with Gasteiger partial charge in [-0.2, -0.15) is 0 Å². The van der Waals surface area contributed by atoms with Crippen LogP contribution in [-0.4, -0.2) is 78.9 Å². The highest BCUT2D eigenvalue weighted by Gasteiger charge is 2.42. The van der Waals surface area contributed by atoms with Crippen LogP contribution in [0, 0.1) is 0 Å². The molecule has 1 fully saturated rings. The minimum Gasteiger partial charge on any atom is -0.480 e. The number of carbonyl (C=O) groups excluding carboxylic acids is 1. The van der Waals surface area contributed by atoms with E-state index in [4.69, 9.17) is 9.84 Å². The summed E-state index contributed by atoms with van der Waals surface area (Å²) in [6.07, 6.45) is 0. The van der Waals surface area contributed by atoms with Crippen LogP contribution in [0.4, 0.5) is 4.79 Å². The van der Waals surface area contributed by atoms with Crippen molar-refractivity contribution < 1.29 is 19.4 Å². The number of hydrogen-bond donors (Lipinski definition) is 2. The molecule has 0 spiro atoms. The standard InChI is InChI=1S/C12H23N3O4/c1-9(14(3)4)5-13-11(18)15-7-12(2,8-15)19-6-10(16)17/h9H,5-8H2,1-4H3,(H,13,18)(H,16,17). The van der Waals surface area contributed by atoms with Crippen molar-refractivity contribution in [3.63, 3.8) is 0 Å². The highest BCUT2D eigenvalue weighted by Crippen LogP contribution is 2.24. The fourth-order valence-electron chi connectivity index (χ4n) is 1.76. The second kappa shape index (κ2) is 6.21. The summed E-state index contributed by atoms with van der Waals surface area (Å²) in [6, 6.07) is 0.130. The number of carbonyl (C=O) groups is 2. The Morgan fingerprint density at radius 1 is 1.47 bits per heavy atom. The van der Waals surface area contributed by atoms with Crippen LogP contribution < -0.4 is 5.32 Å². The van der Waals surface area contributed by atoms with E-state index in [0.717, 1.165) is 0 Å². The van der Waals surface area contributed by atoms with E-state index in [1.807, 2.05) is 32.8 Å². The average Bonchev–Trinajstić information content (AvgIpc) is 2.29. The third-order valence-corrected chi connectivity index (χ3v) is 3.31. The zero-order valence-electron chi connectivity index (χ0n) is 12.0. The fraction of sp³-hybridized carbons (Fsp3) is 0.833. The van der Waals surface area contributed by atoms with Gasteiger partial charge in [0.15, 0.2) is 0 Å². The van der Waals surface area contributed by atoms with Crippen LogP contribution in [0.2, 0.25) is 0 Å². The summed E-state index contributed by atoms with van der Waals surface area (Å²) in [5.74, 6) is -0.996. The summed E-state index contributed by atoms with van der Waals surface area (Å²) in [4.78, 5) is 25.9. The molecule has 0 bridgehead atoms. The fourth-order valence-corrected chi connectivity index (χ4v) is 1.76. The van der Waals surface area contributed by atoms with Crippen molar-refractivity contribution in [3.05, 3.63) is 0 Å². The number of hydrogen-bond acceptors (Lipinski definition) is 4. The van der Waals surface area contributed by atoms with E-state index in [-0.39, 0.29) is 18.7 Å². The van der Waals surface area contributed by atoms with Gasteiger partial charge in [-0.25, -0.2) is 9.59 Å². The Hall–Kier alpha value is -1.34. The van der Waals surface area contributed by atoms with Gasteiger partial charge in [0, 0.05) is 12.6 Å². The second-order valence-electron chi connectivity index (χ2n) is 5.49. The van der Waals surface area contributed by atoms with Crippen molar-refractivity contribution >= 4 is 12.0 Å². The van der Waals surface area contributed by atoms with E-state index in [2.05, 4.69) is 5.32 Å². The predicted molar refractivity (Wildman–Crippen MR) is 70.1 cm³/mol. The van der Waals surface area contributed by atoms with Gasteiger partial charge in [-0.15, -0.1) is 0 Å². The van der Waals surface area contributed by atoms with Crippen molar-refractivity contribution in [2.75, 3.05) is 40.3 Å². The molecular weight excluding hydrogens is 250 g/mol. The third-order valence-electron chi connectivity index (χ3n) is 3.31. The minimum atomic E-state index is -0.996. The van der Waals surface area contributed by atoms with Crippen molar-refractivity contribution in [3.8, 4) is 0 Å². The van der Waals surface area contributed by atoms with Crippen molar-refractivity contribution in [1.29, 1.82) is 0 Å². The van der Waals surface area contributed by atoms with Gasteiger partial charge >= 0.3 is 12.0 Å². The number of carboxylic acids is 1. The summed E-state index contributed by atoms with van der Waals surface area (Å²) in [5, 5.41) is 11.4. The molecule has 0 aromatic rings. The van der Waals surface area contributed by atoms with E-state index in [1.54, 1.807) is 4.90 Å². The highest BCUT2D eigenvalue weighted by molar-refractivity contribution is 5.75. The average molecular weight is 273 g/mol. The molecule has 1 unspecified atom stereocenters. The number of ether oxygens (including phenoxy) is 1. The molecule has 1 aliphatic heterocycles. The molecule has 2 amide bonds. The molecule has 0 saturated carbocycles. The molecule has 7 heteroatoms. The SMILES string of the molecule is CC(CNC(=O)N1CC(C)(OCC(=O)O)C1)N(C)C. The van der Waals surface area contributed by atoms with Crippen molar-refractivity contribution in [1.82, 2.24) is 15.1 Å². The Kier molecular flexibility index (Phi) is 5.13. The summed E-state index contributed by atoms with van der Waals surface area (Å²) in [7, 11) is 3.91. The van der Waals surface area contributed by atoms with Crippen LogP contribution in [0.5, 0.6) is 0 Å². The molecule has 110 valence electrons. The molecule has 19 heavy (non-hydrogen) atoms. The molecule has 0 aromatic heterocycles. The first-order valence-electron chi connectivity index (χ1n) is 6.28. The Labute approximate surface area is 113 Å². The monoisotopic (exact) mass is 273 g/mol. The molecular formula is C12H23N3O4. The zero-order chi connectivity index (χ0) is 14.6. The molecule has 0 aliphatic carbocycles. The maximum Gasteiger partial charge on any atom is 0.329 e. The number of rotatable bonds is 6. The van der Waals surface area contributed by atoms with Gasteiger partial charge in [-0.1, -0.05) is 0 Å². The lowest BCUT2D eigenvalue weighted by molar-refractivity contribution is -0.159. The number of likely N-dealkylation sites (N-methyl/N-ethyl adjacent to an activating group) is 1. The molecule has 2 N–H and O–H groups in total. The van der Waals surface area contributed by atoms with E-state index in [0.29, 0.717) is 19.6 Å². The molecule has 1 heterocycles.